The Bertz CT molecular complexity index is 981. The van der Waals surface area contributed by atoms with Crippen molar-refractivity contribution in [1.29, 1.82) is 0 Å². The average Bonchev–Trinajstić information content (AvgIpc) is 2.81. The van der Waals surface area contributed by atoms with Gasteiger partial charge in [0.05, 0.1) is 13.2 Å². The van der Waals surface area contributed by atoms with Gasteiger partial charge in [0.1, 0.15) is 5.92 Å². The van der Waals surface area contributed by atoms with E-state index in [1.165, 1.54) is 0 Å². The number of ether oxygens (including phenoxy) is 3. The highest BCUT2D eigenvalue weighted by Crippen LogP contribution is 2.31. The summed E-state index contributed by atoms with van der Waals surface area (Å²) in [5.41, 5.74) is 2.13. The second kappa shape index (κ2) is 11.6. The molecule has 0 saturated heterocycles. The summed E-state index contributed by atoms with van der Waals surface area (Å²) < 4.78 is 16.5. The molecular weight excluding hydrogens is 406 g/mol. The molecule has 6 nitrogen and oxygen atoms in total. The predicted octanol–water partition coefficient (Wildman–Crippen LogP) is 4.80. The minimum atomic E-state index is -0.611. The molecule has 0 unspecified atom stereocenters. The van der Waals surface area contributed by atoms with Crippen molar-refractivity contribution in [1.82, 2.24) is 0 Å². The molecule has 0 atom stereocenters. The van der Waals surface area contributed by atoms with Crippen molar-refractivity contribution in [2.24, 2.45) is 0 Å². The Labute approximate surface area is 188 Å². The highest BCUT2D eigenvalue weighted by atomic mass is 16.5. The zero-order valence-electron chi connectivity index (χ0n) is 18.2. The minimum absolute atomic E-state index is 0.397. The lowest BCUT2D eigenvalue weighted by atomic mass is 9.91. The van der Waals surface area contributed by atoms with E-state index in [0.29, 0.717) is 30.4 Å². The molecule has 0 bridgehead atoms. The Morgan fingerprint density at radius 2 is 1.34 bits per heavy atom. The summed E-state index contributed by atoms with van der Waals surface area (Å²) in [5, 5.41) is 2.73. The molecule has 6 heteroatoms. The van der Waals surface area contributed by atoms with Gasteiger partial charge in [0.2, 0.25) is 0 Å². The van der Waals surface area contributed by atoms with Gasteiger partial charge in [0, 0.05) is 11.8 Å². The zero-order valence-corrected chi connectivity index (χ0v) is 18.2. The molecule has 0 heterocycles. The molecule has 0 aliphatic heterocycles. The quantitative estimate of drug-likeness (QED) is 0.465. The van der Waals surface area contributed by atoms with Crippen LogP contribution < -0.4 is 14.8 Å². The molecular formula is C26H27NO5. The second-order valence-electron chi connectivity index (χ2n) is 6.94. The van der Waals surface area contributed by atoms with Crippen LogP contribution in [0.3, 0.4) is 0 Å². The van der Waals surface area contributed by atoms with E-state index < -0.39 is 24.4 Å². The number of anilines is 1. The summed E-state index contributed by atoms with van der Waals surface area (Å²) in [5.74, 6) is -0.394. The van der Waals surface area contributed by atoms with Crippen LogP contribution in [0, 0.1) is 0 Å². The molecule has 0 saturated carbocycles. The monoisotopic (exact) mass is 433 g/mol. The highest BCUT2D eigenvalue weighted by Gasteiger charge is 2.24. The summed E-state index contributed by atoms with van der Waals surface area (Å²) >= 11 is 0. The Morgan fingerprint density at radius 1 is 0.781 bits per heavy atom. The fourth-order valence-corrected chi connectivity index (χ4v) is 3.30. The summed E-state index contributed by atoms with van der Waals surface area (Å²) in [6.07, 6.45) is 0. The lowest BCUT2D eigenvalue weighted by Gasteiger charge is -2.17. The van der Waals surface area contributed by atoms with E-state index >= 15 is 0 Å². The van der Waals surface area contributed by atoms with Gasteiger partial charge in [-0.25, -0.2) is 0 Å². The Balaban J connectivity index is 1.66. The van der Waals surface area contributed by atoms with Gasteiger partial charge >= 0.3 is 5.97 Å². The van der Waals surface area contributed by atoms with Crippen molar-refractivity contribution in [2.75, 3.05) is 25.1 Å². The molecule has 166 valence electrons. The average molecular weight is 434 g/mol. The Hall–Kier alpha value is -3.80. The topological polar surface area (TPSA) is 73.9 Å². The molecule has 0 aromatic heterocycles. The molecule has 0 aliphatic rings. The van der Waals surface area contributed by atoms with Crippen molar-refractivity contribution in [3.63, 3.8) is 0 Å². The minimum Gasteiger partial charge on any atom is -0.490 e. The Kier molecular flexibility index (Phi) is 8.26. The second-order valence-corrected chi connectivity index (χ2v) is 6.94. The third-order valence-electron chi connectivity index (χ3n) is 4.67. The van der Waals surface area contributed by atoms with Crippen molar-refractivity contribution in [2.45, 2.75) is 19.8 Å². The molecule has 0 fully saturated rings. The van der Waals surface area contributed by atoms with Crippen LogP contribution in [-0.4, -0.2) is 31.7 Å². The first kappa shape index (κ1) is 22.9. The van der Waals surface area contributed by atoms with Gasteiger partial charge in [-0.15, -0.1) is 0 Å². The van der Waals surface area contributed by atoms with Gasteiger partial charge < -0.3 is 19.5 Å². The molecule has 3 rings (SSSR count). The fraction of sp³-hybridized carbons (Fsp3) is 0.231. The van der Waals surface area contributed by atoms with E-state index in [0.717, 1.165) is 11.1 Å². The smallest absolute Gasteiger partial charge is 0.318 e. The van der Waals surface area contributed by atoms with E-state index in [9.17, 15) is 9.59 Å². The third-order valence-corrected chi connectivity index (χ3v) is 4.67. The van der Waals surface area contributed by atoms with E-state index in [4.69, 9.17) is 14.2 Å². The molecule has 1 N–H and O–H groups in total. The fourth-order valence-electron chi connectivity index (χ4n) is 3.30. The number of esters is 1. The largest absolute Gasteiger partial charge is 0.490 e. The summed E-state index contributed by atoms with van der Waals surface area (Å²) in [6.45, 7) is 4.33. The first-order valence-corrected chi connectivity index (χ1v) is 10.6. The van der Waals surface area contributed by atoms with E-state index in [1.54, 1.807) is 18.2 Å². The van der Waals surface area contributed by atoms with Crippen LogP contribution in [0.1, 0.15) is 30.9 Å². The molecule has 1 amide bonds. The molecule has 32 heavy (non-hydrogen) atoms. The van der Waals surface area contributed by atoms with Gasteiger partial charge in [0.15, 0.2) is 18.1 Å². The molecule has 3 aromatic carbocycles. The third kappa shape index (κ3) is 6.11. The lowest BCUT2D eigenvalue weighted by Crippen LogP contribution is -2.24. The number of benzene rings is 3. The number of rotatable bonds is 10. The van der Waals surface area contributed by atoms with Crippen molar-refractivity contribution in [3.05, 3.63) is 90.0 Å². The van der Waals surface area contributed by atoms with Gasteiger partial charge in [-0.3, -0.25) is 9.59 Å². The van der Waals surface area contributed by atoms with Gasteiger partial charge in [0.25, 0.3) is 5.91 Å². The molecule has 0 radical (unpaired) electrons. The van der Waals surface area contributed by atoms with Gasteiger partial charge in [-0.2, -0.15) is 0 Å². The number of amides is 1. The number of carbonyl (C=O) groups is 2. The number of hydrogen-bond donors (Lipinski definition) is 1. The van der Waals surface area contributed by atoms with Gasteiger partial charge in [-0.05, 0) is 37.1 Å². The number of hydrogen-bond acceptors (Lipinski definition) is 5. The van der Waals surface area contributed by atoms with Gasteiger partial charge in [-0.1, -0.05) is 60.7 Å². The van der Waals surface area contributed by atoms with Crippen molar-refractivity contribution < 1.29 is 23.8 Å². The molecule has 0 aliphatic carbocycles. The molecule has 0 spiro atoms. The van der Waals surface area contributed by atoms with E-state index in [2.05, 4.69) is 5.32 Å². The molecule has 3 aromatic rings. The van der Waals surface area contributed by atoms with Crippen molar-refractivity contribution >= 4 is 17.6 Å². The Morgan fingerprint density at radius 3 is 1.91 bits per heavy atom. The van der Waals surface area contributed by atoms with Crippen LogP contribution in [0.15, 0.2) is 78.9 Å². The SMILES string of the molecule is CCOc1ccc(NC(=O)COC(=O)C(c2ccccc2)c2ccccc2)cc1OCC. The summed E-state index contributed by atoms with van der Waals surface area (Å²) in [4.78, 5) is 25.4. The van der Waals surface area contributed by atoms with Crippen LogP contribution in [0.5, 0.6) is 11.5 Å². The first-order valence-electron chi connectivity index (χ1n) is 10.6. The van der Waals surface area contributed by atoms with Crippen LogP contribution >= 0.6 is 0 Å². The number of carbonyl (C=O) groups excluding carboxylic acids is 2. The maximum absolute atomic E-state index is 12.9. The summed E-state index contributed by atoms with van der Waals surface area (Å²) in [7, 11) is 0. The first-order chi connectivity index (χ1) is 15.6. The summed E-state index contributed by atoms with van der Waals surface area (Å²) in [6, 6.07) is 23.9. The number of nitrogens with one attached hydrogen (secondary N) is 1. The van der Waals surface area contributed by atoms with E-state index in [-0.39, 0.29) is 0 Å². The maximum Gasteiger partial charge on any atom is 0.318 e. The van der Waals surface area contributed by atoms with Crippen molar-refractivity contribution in [3.8, 4) is 11.5 Å². The normalized spacial score (nSPS) is 10.5. The van der Waals surface area contributed by atoms with Crippen LogP contribution in [0.4, 0.5) is 5.69 Å². The van der Waals surface area contributed by atoms with E-state index in [1.807, 2.05) is 74.5 Å². The standard InChI is InChI=1S/C26H27NO5/c1-3-30-22-16-15-21(17-23(22)31-4-2)27-24(28)18-32-26(29)25(19-11-7-5-8-12-19)20-13-9-6-10-14-20/h5-17,25H,3-4,18H2,1-2H3,(H,27,28). The maximum atomic E-state index is 12.9. The van der Waals surface area contributed by atoms with Crippen LogP contribution in [0.25, 0.3) is 0 Å². The van der Waals surface area contributed by atoms with Crippen LogP contribution in [0.2, 0.25) is 0 Å². The predicted molar refractivity (Wildman–Crippen MR) is 123 cm³/mol. The lowest BCUT2D eigenvalue weighted by molar-refractivity contribution is -0.147. The zero-order chi connectivity index (χ0) is 22.8. The van der Waals surface area contributed by atoms with Crippen LogP contribution in [-0.2, 0) is 14.3 Å². The highest BCUT2D eigenvalue weighted by molar-refractivity contribution is 5.94.